The van der Waals surface area contributed by atoms with Gasteiger partial charge in [-0.1, -0.05) is 13.0 Å². The van der Waals surface area contributed by atoms with Crippen LogP contribution in [0.3, 0.4) is 0 Å². The summed E-state index contributed by atoms with van der Waals surface area (Å²) in [7, 11) is 0. The fourth-order valence-electron chi connectivity index (χ4n) is 2.35. The smallest absolute Gasteiger partial charge is 0.305 e. The van der Waals surface area contributed by atoms with Gasteiger partial charge in [0.15, 0.2) is 11.5 Å². The third-order valence-corrected chi connectivity index (χ3v) is 3.25. The Kier molecular flexibility index (Phi) is 3.95. The second kappa shape index (κ2) is 5.48. The van der Waals surface area contributed by atoms with Crippen molar-refractivity contribution in [1.82, 2.24) is 5.32 Å². The summed E-state index contributed by atoms with van der Waals surface area (Å²) in [6, 6.07) is 5.58. The van der Waals surface area contributed by atoms with E-state index in [1.807, 2.05) is 32.0 Å². The van der Waals surface area contributed by atoms with E-state index in [4.69, 9.17) is 14.6 Å². The van der Waals surface area contributed by atoms with Gasteiger partial charge in [-0.3, -0.25) is 4.79 Å². The molecule has 1 atom stereocenters. The Labute approximate surface area is 112 Å². The number of fused-ring (bicyclic) bond motifs is 1. The normalized spacial score (nSPS) is 16.7. The largest absolute Gasteiger partial charge is 0.486 e. The summed E-state index contributed by atoms with van der Waals surface area (Å²) in [6.07, 6.45) is 0.0144. The van der Waals surface area contributed by atoms with Gasteiger partial charge < -0.3 is 19.9 Å². The molecular weight excluding hydrogens is 246 g/mol. The van der Waals surface area contributed by atoms with E-state index in [0.29, 0.717) is 31.3 Å². The first-order chi connectivity index (χ1) is 9.05. The summed E-state index contributed by atoms with van der Waals surface area (Å²) in [5.41, 5.74) is 0.275. The van der Waals surface area contributed by atoms with E-state index in [2.05, 4.69) is 5.32 Å². The van der Waals surface area contributed by atoms with Crippen molar-refractivity contribution >= 4 is 5.97 Å². The van der Waals surface area contributed by atoms with Crippen LogP contribution in [0.4, 0.5) is 0 Å². The van der Waals surface area contributed by atoms with Crippen LogP contribution in [0.5, 0.6) is 11.5 Å². The van der Waals surface area contributed by atoms with Crippen LogP contribution < -0.4 is 14.8 Å². The highest BCUT2D eigenvalue weighted by atomic mass is 16.6. The monoisotopic (exact) mass is 265 g/mol. The first-order valence-electron chi connectivity index (χ1n) is 6.42. The molecule has 0 aromatic heterocycles. The Morgan fingerprint density at radius 1 is 1.37 bits per heavy atom. The quantitative estimate of drug-likeness (QED) is 0.849. The molecule has 104 valence electrons. The summed E-state index contributed by atoms with van der Waals surface area (Å²) in [4.78, 5) is 11.1. The molecule has 2 N–H and O–H groups in total. The van der Waals surface area contributed by atoms with Crippen molar-refractivity contribution < 1.29 is 19.4 Å². The molecule has 1 aliphatic rings. The molecule has 1 aromatic carbocycles. The average molecular weight is 265 g/mol. The van der Waals surface area contributed by atoms with Gasteiger partial charge in [-0.2, -0.15) is 0 Å². The van der Waals surface area contributed by atoms with E-state index < -0.39 is 11.5 Å². The van der Waals surface area contributed by atoms with Crippen molar-refractivity contribution in [2.45, 2.75) is 25.8 Å². The first kappa shape index (κ1) is 13.7. The molecule has 0 radical (unpaired) electrons. The van der Waals surface area contributed by atoms with Gasteiger partial charge in [-0.05, 0) is 31.2 Å². The minimum absolute atomic E-state index is 0.0144. The number of carboxylic acids is 1. The molecule has 0 spiro atoms. The van der Waals surface area contributed by atoms with Gasteiger partial charge in [0.2, 0.25) is 0 Å². The SMILES string of the molecule is CCNC(C)(CC(=O)O)c1ccc2c(c1)OCCO2. The van der Waals surface area contributed by atoms with Crippen molar-refractivity contribution in [3.63, 3.8) is 0 Å². The molecule has 0 bridgehead atoms. The third-order valence-electron chi connectivity index (χ3n) is 3.25. The van der Waals surface area contributed by atoms with Crippen LogP contribution in [0.2, 0.25) is 0 Å². The predicted octanol–water partition coefficient (Wildman–Crippen LogP) is 1.76. The molecule has 1 aromatic rings. The molecule has 1 unspecified atom stereocenters. The highest BCUT2D eigenvalue weighted by Gasteiger charge is 2.30. The van der Waals surface area contributed by atoms with Crippen LogP contribution >= 0.6 is 0 Å². The lowest BCUT2D eigenvalue weighted by molar-refractivity contribution is -0.138. The van der Waals surface area contributed by atoms with Crippen LogP contribution in [-0.4, -0.2) is 30.8 Å². The summed E-state index contributed by atoms with van der Waals surface area (Å²) < 4.78 is 11.0. The summed E-state index contributed by atoms with van der Waals surface area (Å²) >= 11 is 0. The zero-order valence-electron chi connectivity index (χ0n) is 11.2. The number of carboxylic acid groups (broad SMARTS) is 1. The first-order valence-corrected chi connectivity index (χ1v) is 6.42. The number of hydrogen-bond acceptors (Lipinski definition) is 4. The zero-order valence-corrected chi connectivity index (χ0v) is 11.2. The highest BCUT2D eigenvalue weighted by Crippen LogP contribution is 2.35. The number of carbonyl (C=O) groups is 1. The maximum atomic E-state index is 11.1. The lowest BCUT2D eigenvalue weighted by Gasteiger charge is -2.31. The Morgan fingerprint density at radius 2 is 2.05 bits per heavy atom. The topological polar surface area (TPSA) is 67.8 Å². The van der Waals surface area contributed by atoms with Gasteiger partial charge in [-0.15, -0.1) is 0 Å². The van der Waals surface area contributed by atoms with Gasteiger partial charge in [0.25, 0.3) is 0 Å². The number of nitrogens with one attached hydrogen (secondary N) is 1. The number of ether oxygens (including phenoxy) is 2. The molecule has 1 aliphatic heterocycles. The van der Waals surface area contributed by atoms with Crippen LogP contribution in [0.25, 0.3) is 0 Å². The van der Waals surface area contributed by atoms with Crippen LogP contribution in [0.15, 0.2) is 18.2 Å². The molecule has 0 aliphatic carbocycles. The standard InChI is InChI=1S/C14H19NO4/c1-3-15-14(2,9-13(16)17)10-4-5-11-12(8-10)19-7-6-18-11/h4-5,8,15H,3,6-7,9H2,1-2H3,(H,16,17). The van der Waals surface area contributed by atoms with Gasteiger partial charge in [0.05, 0.1) is 12.0 Å². The van der Waals surface area contributed by atoms with E-state index in [1.165, 1.54) is 0 Å². The van der Waals surface area contributed by atoms with E-state index in [-0.39, 0.29) is 6.42 Å². The van der Waals surface area contributed by atoms with Gasteiger partial charge >= 0.3 is 5.97 Å². The van der Waals surface area contributed by atoms with Crippen LogP contribution in [0, 0.1) is 0 Å². The number of rotatable bonds is 5. The average Bonchev–Trinajstić information content (AvgIpc) is 2.37. The molecule has 5 nitrogen and oxygen atoms in total. The van der Waals surface area contributed by atoms with Crippen molar-refractivity contribution in [1.29, 1.82) is 0 Å². The molecule has 2 rings (SSSR count). The molecule has 0 saturated heterocycles. The Morgan fingerprint density at radius 3 is 2.68 bits per heavy atom. The van der Waals surface area contributed by atoms with Gasteiger partial charge in [0, 0.05) is 0 Å². The maximum Gasteiger partial charge on any atom is 0.305 e. The second-order valence-corrected chi connectivity index (χ2v) is 4.79. The molecule has 0 saturated carbocycles. The summed E-state index contributed by atoms with van der Waals surface area (Å²) in [6.45, 7) is 5.60. The minimum atomic E-state index is -0.835. The molecule has 0 amide bonds. The van der Waals surface area contributed by atoms with Gasteiger partial charge in [-0.25, -0.2) is 0 Å². The Balaban J connectivity index is 2.33. The van der Waals surface area contributed by atoms with Crippen LogP contribution in [0.1, 0.15) is 25.8 Å². The maximum absolute atomic E-state index is 11.1. The number of aliphatic carboxylic acids is 1. The summed E-state index contributed by atoms with van der Waals surface area (Å²) in [5, 5.41) is 12.3. The van der Waals surface area contributed by atoms with E-state index >= 15 is 0 Å². The van der Waals surface area contributed by atoms with Crippen LogP contribution in [-0.2, 0) is 10.3 Å². The number of hydrogen-bond donors (Lipinski definition) is 2. The minimum Gasteiger partial charge on any atom is -0.486 e. The molecule has 5 heteroatoms. The van der Waals surface area contributed by atoms with Crippen molar-refractivity contribution in [3.05, 3.63) is 23.8 Å². The molecule has 0 fully saturated rings. The van der Waals surface area contributed by atoms with Gasteiger partial charge in [0.1, 0.15) is 13.2 Å². The van der Waals surface area contributed by atoms with E-state index in [1.54, 1.807) is 0 Å². The fourth-order valence-corrected chi connectivity index (χ4v) is 2.35. The Hall–Kier alpha value is -1.75. The highest BCUT2D eigenvalue weighted by molar-refractivity contribution is 5.69. The van der Waals surface area contributed by atoms with Crippen molar-refractivity contribution in [3.8, 4) is 11.5 Å². The van der Waals surface area contributed by atoms with E-state index in [9.17, 15) is 4.79 Å². The van der Waals surface area contributed by atoms with Crippen molar-refractivity contribution in [2.24, 2.45) is 0 Å². The van der Waals surface area contributed by atoms with E-state index in [0.717, 1.165) is 5.56 Å². The fraction of sp³-hybridized carbons (Fsp3) is 0.500. The zero-order chi connectivity index (χ0) is 13.9. The number of benzene rings is 1. The Bertz CT molecular complexity index is 475. The molecular formula is C14H19NO4. The second-order valence-electron chi connectivity index (χ2n) is 4.79. The predicted molar refractivity (Wildman–Crippen MR) is 70.7 cm³/mol. The lowest BCUT2D eigenvalue weighted by Crippen LogP contribution is -2.41. The van der Waals surface area contributed by atoms with Crippen molar-refractivity contribution in [2.75, 3.05) is 19.8 Å². The molecule has 1 heterocycles. The summed E-state index contributed by atoms with van der Waals surface area (Å²) in [5.74, 6) is 0.556. The lowest BCUT2D eigenvalue weighted by atomic mass is 9.88. The third kappa shape index (κ3) is 2.98. The molecule has 19 heavy (non-hydrogen) atoms.